The molecule has 0 unspecified atom stereocenters. The van der Waals surface area contributed by atoms with E-state index in [9.17, 15) is 4.79 Å². The lowest BCUT2D eigenvalue weighted by atomic mass is 9.81. The molecule has 6 heteroatoms. The van der Waals surface area contributed by atoms with Crippen LogP contribution in [0.2, 0.25) is 0 Å². The summed E-state index contributed by atoms with van der Waals surface area (Å²) in [6.45, 7) is 3.22. The molecule has 0 bridgehead atoms. The minimum atomic E-state index is -0.650. The summed E-state index contributed by atoms with van der Waals surface area (Å²) < 4.78 is 0. The van der Waals surface area contributed by atoms with Gasteiger partial charge in [0.2, 0.25) is 5.91 Å². The van der Waals surface area contributed by atoms with Crippen LogP contribution >= 0.6 is 24.8 Å². The molecule has 4 nitrogen and oxygen atoms in total. The molecule has 1 amide bonds. The van der Waals surface area contributed by atoms with Gasteiger partial charge in [0.25, 0.3) is 0 Å². The molecule has 21 heavy (non-hydrogen) atoms. The number of hydrogen-bond donors (Lipinski definition) is 1. The van der Waals surface area contributed by atoms with Gasteiger partial charge in [-0.2, -0.15) is 0 Å². The summed E-state index contributed by atoms with van der Waals surface area (Å²) in [6, 6.07) is 5.77. The van der Waals surface area contributed by atoms with Crippen molar-refractivity contribution >= 4 is 30.7 Å². The Bertz CT molecular complexity index is 422. The Morgan fingerprint density at radius 1 is 1.29 bits per heavy atom. The SMILES string of the molecule is CCN(Cc1ccccn1)C(=O)C1(N)CCCCC1.Cl.Cl. The lowest BCUT2D eigenvalue weighted by Gasteiger charge is -2.36. The van der Waals surface area contributed by atoms with Crippen molar-refractivity contribution in [1.82, 2.24) is 9.88 Å². The van der Waals surface area contributed by atoms with Gasteiger partial charge in [-0.05, 0) is 31.9 Å². The molecule has 0 saturated heterocycles. The van der Waals surface area contributed by atoms with E-state index in [2.05, 4.69) is 4.98 Å². The minimum Gasteiger partial charge on any atom is -0.335 e. The lowest BCUT2D eigenvalue weighted by Crippen LogP contribution is -2.56. The Labute approximate surface area is 139 Å². The molecule has 1 aromatic rings. The summed E-state index contributed by atoms with van der Waals surface area (Å²) in [7, 11) is 0. The van der Waals surface area contributed by atoms with Crippen LogP contribution < -0.4 is 5.73 Å². The maximum absolute atomic E-state index is 12.6. The molecule has 1 heterocycles. The number of carbonyl (C=O) groups is 1. The van der Waals surface area contributed by atoms with E-state index in [1.165, 1.54) is 6.42 Å². The highest BCUT2D eigenvalue weighted by atomic mass is 35.5. The second kappa shape index (κ2) is 9.23. The molecular weight excluding hydrogens is 309 g/mol. The van der Waals surface area contributed by atoms with Crippen LogP contribution in [0.1, 0.15) is 44.7 Å². The Balaban J connectivity index is 0.00000200. The van der Waals surface area contributed by atoms with E-state index >= 15 is 0 Å². The summed E-state index contributed by atoms with van der Waals surface area (Å²) in [5, 5.41) is 0. The third-order valence-corrected chi connectivity index (χ3v) is 3.92. The van der Waals surface area contributed by atoms with Gasteiger partial charge in [0.05, 0.1) is 17.8 Å². The van der Waals surface area contributed by atoms with Crippen LogP contribution in [0.4, 0.5) is 0 Å². The Morgan fingerprint density at radius 2 is 1.95 bits per heavy atom. The van der Waals surface area contributed by atoms with Crippen molar-refractivity contribution in [3.05, 3.63) is 30.1 Å². The van der Waals surface area contributed by atoms with Crippen molar-refractivity contribution in [2.75, 3.05) is 6.54 Å². The molecule has 0 atom stereocenters. The van der Waals surface area contributed by atoms with Gasteiger partial charge in [0, 0.05) is 12.7 Å². The Morgan fingerprint density at radius 3 is 2.48 bits per heavy atom. The number of hydrogen-bond acceptors (Lipinski definition) is 3. The normalized spacial score (nSPS) is 16.3. The molecular formula is C15H25Cl2N3O. The van der Waals surface area contributed by atoms with Crippen LogP contribution in [0.25, 0.3) is 0 Å². The first-order chi connectivity index (χ1) is 9.15. The van der Waals surface area contributed by atoms with Crippen LogP contribution in [0.5, 0.6) is 0 Å². The maximum atomic E-state index is 12.6. The Kier molecular flexibility index (Phi) is 8.86. The van der Waals surface area contributed by atoms with Crippen LogP contribution in [0.3, 0.4) is 0 Å². The monoisotopic (exact) mass is 333 g/mol. The predicted molar refractivity (Wildman–Crippen MR) is 89.8 cm³/mol. The quantitative estimate of drug-likeness (QED) is 0.921. The predicted octanol–water partition coefficient (Wildman–Crippen LogP) is 2.94. The second-order valence-corrected chi connectivity index (χ2v) is 5.36. The van der Waals surface area contributed by atoms with E-state index in [1.54, 1.807) is 6.20 Å². The zero-order chi connectivity index (χ0) is 13.7. The zero-order valence-corrected chi connectivity index (χ0v) is 14.1. The lowest BCUT2D eigenvalue weighted by molar-refractivity contribution is -0.138. The molecule has 1 aliphatic rings. The van der Waals surface area contributed by atoms with Gasteiger partial charge >= 0.3 is 0 Å². The molecule has 0 spiro atoms. The van der Waals surface area contributed by atoms with E-state index in [-0.39, 0.29) is 30.7 Å². The fourth-order valence-electron chi connectivity index (χ4n) is 2.73. The average molecular weight is 334 g/mol. The van der Waals surface area contributed by atoms with E-state index in [0.717, 1.165) is 31.4 Å². The van der Waals surface area contributed by atoms with Gasteiger partial charge in [-0.3, -0.25) is 9.78 Å². The minimum absolute atomic E-state index is 0. The molecule has 1 fully saturated rings. The third-order valence-electron chi connectivity index (χ3n) is 3.92. The van der Waals surface area contributed by atoms with Crippen molar-refractivity contribution < 1.29 is 4.79 Å². The van der Waals surface area contributed by atoms with Gasteiger partial charge in [-0.25, -0.2) is 0 Å². The fourth-order valence-corrected chi connectivity index (χ4v) is 2.73. The highest BCUT2D eigenvalue weighted by molar-refractivity contribution is 5.86. The second-order valence-electron chi connectivity index (χ2n) is 5.36. The summed E-state index contributed by atoms with van der Waals surface area (Å²) in [4.78, 5) is 18.7. The zero-order valence-electron chi connectivity index (χ0n) is 12.5. The number of rotatable bonds is 4. The largest absolute Gasteiger partial charge is 0.335 e. The topological polar surface area (TPSA) is 59.2 Å². The van der Waals surface area contributed by atoms with Gasteiger partial charge < -0.3 is 10.6 Å². The molecule has 2 rings (SSSR count). The first-order valence-electron chi connectivity index (χ1n) is 7.14. The van der Waals surface area contributed by atoms with Gasteiger partial charge in [-0.15, -0.1) is 24.8 Å². The number of nitrogens with two attached hydrogens (primary N) is 1. The number of pyridine rings is 1. The summed E-state index contributed by atoms with van der Waals surface area (Å²) in [6.07, 6.45) is 6.69. The van der Waals surface area contributed by atoms with E-state index in [4.69, 9.17) is 5.73 Å². The first kappa shape index (κ1) is 20.2. The number of amides is 1. The summed E-state index contributed by atoms with van der Waals surface area (Å²) in [5.41, 5.74) is 6.59. The summed E-state index contributed by atoms with van der Waals surface area (Å²) >= 11 is 0. The van der Waals surface area contributed by atoms with E-state index < -0.39 is 5.54 Å². The van der Waals surface area contributed by atoms with Crippen molar-refractivity contribution in [1.29, 1.82) is 0 Å². The Hall–Kier alpha value is -0.840. The van der Waals surface area contributed by atoms with Crippen molar-refractivity contribution in [3.63, 3.8) is 0 Å². The first-order valence-corrected chi connectivity index (χ1v) is 7.14. The highest BCUT2D eigenvalue weighted by Crippen LogP contribution is 2.28. The highest BCUT2D eigenvalue weighted by Gasteiger charge is 2.37. The molecule has 1 aromatic heterocycles. The smallest absolute Gasteiger partial charge is 0.242 e. The van der Waals surface area contributed by atoms with Gasteiger partial charge in [0.1, 0.15) is 0 Å². The third kappa shape index (κ3) is 5.13. The van der Waals surface area contributed by atoms with Gasteiger partial charge in [-0.1, -0.05) is 25.3 Å². The number of halogens is 2. The standard InChI is InChI=1S/C15H23N3O.2ClH/c1-2-18(12-13-8-4-7-11-17-13)14(19)15(16)9-5-3-6-10-15;;/h4,7-8,11H,2-3,5-6,9-10,12,16H2,1H3;2*1H. The fraction of sp³-hybridized carbons (Fsp3) is 0.600. The molecule has 0 aliphatic heterocycles. The number of nitrogens with zero attached hydrogens (tertiary/aromatic N) is 2. The van der Waals surface area contributed by atoms with Crippen molar-refractivity contribution in [2.45, 2.75) is 51.1 Å². The summed E-state index contributed by atoms with van der Waals surface area (Å²) in [5.74, 6) is 0.0837. The van der Waals surface area contributed by atoms with Crippen molar-refractivity contribution in [2.24, 2.45) is 5.73 Å². The molecule has 1 aliphatic carbocycles. The van der Waals surface area contributed by atoms with Gasteiger partial charge in [0.15, 0.2) is 0 Å². The molecule has 0 radical (unpaired) electrons. The van der Waals surface area contributed by atoms with Crippen LogP contribution in [0, 0.1) is 0 Å². The van der Waals surface area contributed by atoms with Crippen LogP contribution in [-0.4, -0.2) is 27.9 Å². The van der Waals surface area contributed by atoms with E-state index in [0.29, 0.717) is 13.1 Å². The molecule has 120 valence electrons. The number of carbonyl (C=O) groups excluding carboxylic acids is 1. The molecule has 0 aromatic carbocycles. The number of aromatic nitrogens is 1. The molecule has 2 N–H and O–H groups in total. The molecule has 1 saturated carbocycles. The van der Waals surface area contributed by atoms with Crippen LogP contribution in [-0.2, 0) is 11.3 Å². The van der Waals surface area contributed by atoms with E-state index in [1.807, 2.05) is 30.0 Å². The average Bonchev–Trinajstić information content (AvgIpc) is 2.46. The van der Waals surface area contributed by atoms with Crippen molar-refractivity contribution in [3.8, 4) is 0 Å². The maximum Gasteiger partial charge on any atom is 0.242 e. The number of likely N-dealkylation sites (N-methyl/N-ethyl adjacent to an activating group) is 1. The van der Waals surface area contributed by atoms with Crippen LogP contribution in [0.15, 0.2) is 24.4 Å².